The van der Waals surface area contributed by atoms with Crippen molar-refractivity contribution in [3.05, 3.63) is 34.9 Å². The number of rotatable bonds is 3. The zero-order valence-corrected chi connectivity index (χ0v) is 25.7. The summed E-state index contributed by atoms with van der Waals surface area (Å²) in [7, 11) is -1.26. The van der Waals surface area contributed by atoms with E-state index in [2.05, 4.69) is 79.8 Å². The van der Waals surface area contributed by atoms with E-state index in [9.17, 15) is 0 Å². The maximum Gasteiger partial charge on any atom is 0.0541 e. The Bertz CT molecular complexity index is 873. The Morgan fingerprint density at radius 3 is 1.86 bits per heavy atom. The summed E-state index contributed by atoms with van der Waals surface area (Å²) in [5.74, 6) is 5.64. The average Bonchev–Trinajstić information content (AvgIpc) is 3.49. The van der Waals surface area contributed by atoms with E-state index in [0.29, 0.717) is 0 Å². The van der Waals surface area contributed by atoms with Crippen LogP contribution in [0, 0.1) is 29.6 Å². The van der Waals surface area contributed by atoms with Crippen molar-refractivity contribution < 1.29 is 0 Å². The highest BCUT2D eigenvalue weighted by molar-refractivity contribution is 6.80. The molecule has 1 aromatic carbocycles. The first-order valence-electron chi connectivity index (χ1n) is 15.4. The third-order valence-electron chi connectivity index (χ3n) is 11.8. The van der Waals surface area contributed by atoms with Gasteiger partial charge in [-0.15, -0.1) is 0 Å². The van der Waals surface area contributed by atoms with Crippen LogP contribution in [0.25, 0.3) is 0 Å². The minimum atomic E-state index is -1.26. The third kappa shape index (κ3) is 4.63. The molecule has 0 N–H and O–H groups in total. The van der Waals surface area contributed by atoms with Crippen molar-refractivity contribution in [2.45, 2.75) is 147 Å². The van der Waals surface area contributed by atoms with Gasteiger partial charge < -0.3 is 0 Å². The highest BCUT2D eigenvalue weighted by Gasteiger charge is 2.58. The molecule has 1 aromatic rings. The Hall–Kier alpha value is -0.563. The number of benzene rings is 1. The van der Waals surface area contributed by atoms with Crippen LogP contribution in [0.1, 0.15) is 129 Å². The fourth-order valence-corrected chi connectivity index (χ4v) is 15.6. The standard InChI is InChI=1S/C34H56Si/c1-22-17-29-30(32(22)35(8,9)27-14-10-11-15-27)20-23-13-12-16-28(23)31(29)24-18-25(33(2,3)4)21-26(19-24)34(5,6)7/h18-19,21-23,27-32H,10-17,20H2,1-9H3. The lowest BCUT2D eigenvalue weighted by molar-refractivity contribution is 0.121. The molecule has 7 atom stereocenters. The van der Waals surface area contributed by atoms with Gasteiger partial charge in [-0.1, -0.05) is 118 Å². The van der Waals surface area contributed by atoms with Crippen LogP contribution in [0.3, 0.4) is 0 Å². The fourth-order valence-electron chi connectivity index (χ4n) is 10.1. The van der Waals surface area contributed by atoms with Gasteiger partial charge in [-0.05, 0) is 93.4 Å². The molecular weight excluding hydrogens is 436 g/mol. The van der Waals surface area contributed by atoms with Crippen molar-refractivity contribution >= 4 is 8.07 Å². The first kappa shape index (κ1) is 26.1. The molecule has 4 saturated carbocycles. The molecule has 4 fully saturated rings. The van der Waals surface area contributed by atoms with Crippen LogP contribution in [0.4, 0.5) is 0 Å². The smallest absolute Gasteiger partial charge is 0.0541 e. The van der Waals surface area contributed by atoms with Crippen molar-refractivity contribution in [2.75, 3.05) is 0 Å². The summed E-state index contributed by atoms with van der Waals surface area (Å²) in [5.41, 5.74) is 7.46. The summed E-state index contributed by atoms with van der Waals surface area (Å²) in [5, 5.41) is 0. The molecule has 0 aliphatic heterocycles. The third-order valence-corrected chi connectivity index (χ3v) is 17.2. The van der Waals surface area contributed by atoms with Crippen LogP contribution in [0.15, 0.2) is 18.2 Å². The number of hydrogen-bond donors (Lipinski definition) is 0. The zero-order valence-electron chi connectivity index (χ0n) is 24.7. The summed E-state index contributed by atoms with van der Waals surface area (Å²) in [4.78, 5) is 0. The predicted molar refractivity (Wildman–Crippen MR) is 156 cm³/mol. The van der Waals surface area contributed by atoms with Crippen LogP contribution < -0.4 is 0 Å². The Morgan fingerprint density at radius 2 is 1.29 bits per heavy atom. The van der Waals surface area contributed by atoms with Crippen LogP contribution in [-0.4, -0.2) is 8.07 Å². The normalized spacial score (nSPS) is 36.4. The minimum absolute atomic E-state index is 0.210. The summed E-state index contributed by atoms with van der Waals surface area (Å²) in [6.07, 6.45) is 13.7. The second-order valence-electron chi connectivity index (χ2n) is 16.3. The molecule has 0 aromatic heterocycles. The molecule has 4 aliphatic rings. The van der Waals surface area contributed by atoms with Gasteiger partial charge in [-0.2, -0.15) is 0 Å². The maximum atomic E-state index is 2.83. The molecule has 0 amide bonds. The Labute approximate surface area is 219 Å². The average molecular weight is 493 g/mol. The van der Waals surface area contributed by atoms with Gasteiger partial charge in [0, 0.05) is 0 Å². The van der Waals surface area contributed by atoms with E-state index < -0.39 is 8.07 Å². The van der Waals surface area contributed by atoms with Crippen LogP contribution in [0.5, 0.6) is 0 Å². The van der Waals surface area contributed by atoms with Gasteiger partial charge in [0.05, 0.1) is 8.07 Å². The Kier molecular flexibility index (Phi) is 6.72. The van der Waals surface area contributed by atoms with Crippen LogP contribution in [0.2, 0.25) is 24.2 Å². The summed E-state index contributed by atoms with van der Waals surface area (Å²) >= 11 is 0. The maximum absolute atomic E-state index is 2.83. The largest absolute Gasteiger partial charge is 0.0689 e. The number of fused-ring (bicyclic) bond motifs is 2. The quantitative estimate of drug-likeness (QED) is 0.368. The van der Waals surface area contributed by atoms with E-state index >= 15 is 0 Å². The molecule has 5 rings (SSSR count). The summed E-state index contributed by atoms with van der Waals surface area (Å²) in [6, 6.07) is 7.93. The van der Waals surface area contributed by atoms with E-state index in [1.807, 2.05) is 0 Å². The molecule has 0 bridgehead atoms. The van der Waals surface area contributed by atoms with E-state index in [1.54, 1.807) is 36.0 Å². The molecule has 35 heavy (non-hydrogen) atoms. The molecule has 7 unspecified atom stereocenters. The zero-order chi connectivity index (χ0) is 25.3. The molecule has 1 heteroatoms. The van der Waals surface area contributed by atoms with Gasteiger partial charge >= 0.3 is 0 Å². The molecule has 4 aliphatic carbocycles. The van der Waals surface area contributed by atoms with E-state index in [0.717, 1.165) is 46.6 Å². The van der Waals surface area contributed by atoms with Gasteiger partial charge in [-0.25, -0.2) is 0 Å². The first-order chi connectivity index (χ1) is 16.3. The molecule has 0 heterocycles. The molecule has 0 radical (unpaired) electrons. The monoisotopic (exact) mass is 492 g/mol. The van der Waals surface area contributed by atoms with Crippen molar-refractivity contribution in [3.63, 3.8) is 0 Å². The van der Waals surface area contributed by atoms with Crippen molar-refractivity contribution in [2.24, 2.45) is 29.6 Å². The summed E-state index contributed by atoms with van der Waals surface area (Å²) < 4.78 is 0. The molecule has 0 spiro atoms. The second-order valence-corrected chi connectivity index (χ2v) is 21.5. The minimum Gasteiger partial charge on any atom is -0.0689 e. The lowest BCUT2D eigenvalue weighted by Crippen LogP contribution is -2.44. The topological polar surface area (TPSA) is 0 Å². The first-order valence-corrected chi connectivity index (χ1v) is 18.6. The molecular formula is C34H56Si. The van der Waals surface area contributed by atoms with Gasteiger partial charge in [0.25, 0.3) is 0 Å². The highest BCUT2D eigenvalue weighted by atomic mass is 28.3. The Balaban J connectivity index is 1.58. The van der Waals surface area contributed by atoms with Gasteiger partial charge in [-0.3, -0.25) is 0 Å². The lowest BCUT2D eigenvalue weighted by Gasteiger charge is -2.48. The van der Waals surface area contributed by atoms with Gasteiger partial charge in [0.1, 0.15) is 0 Å². The van der Waals surface area contributed by atoms with Crippen molar-refractivity contribution in [3.8, 4) is 0 Å². The fraction of sp³-hybridized carbons (Fsp3) is 0.824. The Morgan fingerprint density at radius 1 is 0.686 bits per heavy atom. The van der Waals surface area contributed by atoms with Crippen molar-refractivity contribution in [1.29, 1.82) is 0 Å². The number of hydrogen-bond acceptors (Lipinski definition) is 0. The van der Waals surface area contributed by atoms with E-state index in [1.165, 1.54) is 38.5 Å². The van der Waals surface area contributed by atoms with E-state index in [-0.39, 0.29) is 10.8 Å². The van der Waals surface area contributed by atoms with Gasteiger partial charge in [0.2, 0.25) is 0 Å². The predicted octanol–water partition coefficient (Wildman–Crippen LogP) is 10.5. The van der Waals surface area contributed by atoms with Gasteiger partial charge in [0.15, 0.2) is 0 Å². The lowest BCUT2D eigenvalue weighted by atomic mass is 9.61. The van der Waals surface area contributed by atoms with E-state index in [4.69, 9.17) is 0 Å². The van der Waals surface area contributed by atoms with Crippen LogP contribution in [-0.2, 0) is 10.8 Å². The second kappa shape index (κ2) is 9.02. The molecule has 196 valence electrons. The highest BCUT2D eigenvalue weighted by Crippen LogP contribution is 2.66. The summed E-state index contributed by atoms with van der Waals surface area (Å²) in [6.45, 7) is 22.9. The SMILES string of the molecule is CC1CC2C(CC3CCCC3C2c2cc(C(C)(C)C)cc(C(C)(C)C)c2)C1[Si](C)(C)C1CCCC1. The molecule has 0 saturated heterocycles. The van der Waals surface area contributed by atoms with Crippen molar-refractivity contribution in [1.82, 2.24) is 0 Å². The molecule has 0 nitrogen and oxygen atoms in total. The van der Waals surface area contributed by atoms with Crippen LogP contribution >= 0.6 is 0 Å².